The number of amides is 1. The van der Waals surface area contributed by atoms with Crippen LogP contribution in [0.15, 0.2) is 34.3 Å². The Kier molecular flexibility index (Phi) is 5.84. The number of nitrogens with one attached hydrogen (secondary N) is 2. The van der Waals surface area contributed by atoms with Gasteiger partial charge in [0.05, 0.1) is 5.56 Å². The van der Waals surface area contributed by atoms with Crippen LogP contribution < -0.4 is 10.6 Å². The number of hydrogen-bond donors (Lipinski definition) is 2. The van der Waals surface area contributed by atoms with E-state index in [0.29, 0.717) is 12.1 Å². The van der Waals surface area contributed by atoms with Gasteiger partial charge in [-0.15, -0.1) is 0 Å². The van der Waals surface area contributed by atoms with E-state index in [4.69, 9.17) is 0 Å². The maximum absolute atomic E-state index is 12.1. The van der Waals surface area contributed by atoms with Crippen LogP contribution in [0.3, 0.4) is 0 Å². The monoisotopic (exact) mass is 434 g/mol. The van der Waals surface area contributed by atoms with Crippen LogP contribution in [0.25, 0.3) is 0 Å². The van der Waals surface area contributed by atoms with Gasteiger partial charge >= 0.3 is 0 Å². The Morgan fingerprint density at radius 2 is 2.32 bits per heavy atom. The van der Waals surface area contributed by atoms with Crippen molar-refractivity contribution in [3.63, 3.8) is 0 Å². The van der Waals surface area contributed by atoms with Gasteiger partial charge in [0.1, 0.15) is 0 Å². The summed E-state index contributed by atoms with van der Waals surface area (Å²) in [6.07, 6.45) is 4.24. The molecule has 1 aromatic carbocycles. The number of carbonyl (C=O) groups is 1. The van der Waals surface area contributed by atoms with E-state index in [1.54, 1.807) is 0 Å². The van der Waals surface area contributed by atoms with Crippen molar-refractivity contribution in [1.29, 1.82) is 0 Å². The SMILES string of the molecule is O=C(NCCC1=CCNCC1)c1cc(I)ccc1Br. The van der Waals surface area contributed by atoms with E-state index in [1.165, 1.54) is 5.57 Å². The lowest BCUT2D eigenvalue weighted by atomic mass is 10.1. The lowest BCUT2D eigenvalue weighted by Crippen LogP contribution is -2.27. The molecule has 0 saturated heterocycles. The molecule has 19 heavy (non-hydrogen) atoms. The molecule has 5 heteroatoms. The molecule has 1 amide bonds. The van der Waals surface area contributed by atoms with Crippen LogP contribution >= 0.6 is 38.5 Å². The molecular formula is C14H16BrIN2O. The summed E-state index contributed by atoms with van der Waals surface area (Å²) in [5, 5.41) is 6.26. The summed E-state index contributed by atoms with van der Waals surface area (Å²) in [5.74, 6) is -0.0140. The molecular weight excluding hydrogens is 419 g/mol. The van der Waals surface area contributed by atoms with Crippen molar-refractivity contribution >= 4 is 44.4 Å². The largest absolute Gasteiger partial charge is 0.352 e. The van der Waals surface area contributed by atoms with Crippen LogP contribution in [0.4, 0.5) is 0 Å². The third-order valence-corrected chi connectivity index (χ3v) is 4.43. The molecule has 0 spiro atoms. The highest BCUT2D eigenvalue weighted by molar-refractivity contribution is 14.1. The first-order valence-corrected chi connectivity index (χ1v) is 8.16. The molecule has 1 aliphatic heterocycles. The summed E-state index contributed by atoms with van der Waals surface area (Å²) in [7, 11) is 0. The minimum absolute atomic E-state index is 0.0140. The fourth-order valence-electron chi connectivity index (χ4n) is 2.00. The Bertz CT molecular complexity index is 502. The molecule has 0 fully saturated rings. The van der Waals surface area contributed by atoms with Crippen molar-refractivity contribution in [3.05, 3.63) is 43.5 Å². The van der Waals surface area contributed by atoms with Crippen LogP contribution in [0.2, 0.25) is 0 Å². The maximum Gasteiger partial charge on any atom is 0.252 e. The smallest absolute Gasteiger partial charge is 0.252 e. The molecule has 1 aromatic rings. The van der Waals surface area contributed by atoms with Crippen molar-refractivity contribution in [2.24, 2.45) is 0 Å². The maximum atomic E-state index is 12.1. The Morgan fingerprint density at radius 3 is 3.05 bits per heavy atom. The standard InChI is InChI=1S/C14H16BrIN2O/c15-13-2-1-11(16)9-12(13)14(19)18-8-5-10-3-6-17-7-4-10/h1-3,9,17H,4-8H2,(H,18,19). The molecule has 0 aromatic heterocycles. The van der Waals surface area contributed by atoms with Crippen molar-refractivity contribution in [2.45, 2.75) is 12.8 Å². The summed E-state index contributed by atoms with van der Waals surface area (Å²) in [6, 6.07) is 5.77. The summed E-state index contributed by atoms with van der Waals surface area (Å²) in [5.41, 5.74) is 2.13. The summed E-state index contributed by atoms with van der Waals surface area (Å²) < 4.78 is 1.90. The van der Waals surface area contributed by atoms with Gasteiger partial charge in [-0.3, -0.25) is 4.79 Å². The number of carbonyl (C=O) groups excluding carboxylic acids is 1. The van der Waals surface area contributed by atoms with Crippen molar-refractivity contribution < 1.29 is 4.79 Å². The molecule has 2 N–H and O–H groups in total. The second-order valence-corrected chi connectivity index (χ2v) is 6.55. The van der Waals surface area contributed by atoms with Gasteiger partial charge in [0.2, 0.25) is 0 Å². The second kappa shape index (κ2) is 7.40. The minimum Gasteiger partial charge on any atom is -0.352 e. The Balaban J connectivity index is 1.87. The molecule has 1 heterocycles. The Labute approximate surface area is 135 Å². The first kappa shape index (κ1) is 15.0. The molecule has 1 aliphatic rings. The van der Waals surface area contributed by atoms with Crippen molar-refractivity contribution in [2.75, 3.05) is 19.6 Å². The van der Waals surface area contributed by atoms with E-state index < -0.39 is 0 Å². The predicted octanol–water partition coefficient (Wildman–Crippen LogP) is 3.09. The van der Waals surface area contributed by atoms with Gasteiger partial charge in [0, 0.05) is 21.1 Å². The first-order chi connectivity index (χ1) is 9.16. The topological polar surface area (TPSA) is 41.1 Å². The molecule has 3 nitrogen and oxygen atoms in total. The fourth-order valence-corrected chi connectivity index (χ4v) is 2.92. The number of benzene rings is 1. The van der Waals surface area contributed by atoms with Gasteiger partial charge in [-0.05, 0) is 76.1 Å². The van der Waals surface area contributed by atoms with Gasteiger partial charge in [-0.2, -0.15) is 0 Å². The van der Waals surface area contributed by atoms with Crippen LogP contribution in [-0.4, -0.2) is 25.5 Å². The molecule has 2 rings (SSSR count). The van der Waals surface area contributed by atoms with E-state index in [-0.39, 0.29) is 5.91 Å². The Morgan fingerprint density at radius 1 is 1.47 bits per heavy atom. The molecule has 0 aliphatic carbocycles. The molecule has 0 atom stereocenters. The fraction of sp³-hybridized carbons (Fsp3) is 0.357. The summed E-state index contributed by atoms with van der Waals surface area (Å²) >= 11 is 5.63. The van der Waals surface area contributed by atoms with Gasteiger partial charge in [0.15, 0.2) is 0 Å². The molecule has 0 bridgehead atoms. The normalized spacial score (nSPS) is 14.9. The van der Waals surface area contributed by atoms with E-state index in [1.807, 2.05) is 18.2 Å². The average Bonchev–Trinajstić information content (AvgIpc) is 2.42. The van der Waals surface area contributed by atoms with Crippen molar-refractivity contribution in [1.82, 2.24) is 10.6 Å². The highest BCUT2D eigenvalue weighted by Gasteiger charge is 2.10. The number of halogens is 2. The predicted molar refractivity (Wildman–Crippen MR) is 89.4 cm³/mol. The molecule has 0 unspecified atom stereocenters. The third-order valence-electron chi connectivity index (χ3n) is 3.06. The Hall–Kier alpha value is -0.400. The lowest BCUT2D eigenvalue weighted by Gasteiger charge is -2.14. The van der Waals surface area contributed by atoms with Gasteiger partial charge < -0.3 is 10.6 Å². The van der Waals surface area contributed by atoms with Crippen LogP contribution in [0.1, 0.15) is 23.2 Å². The van der Waals surface area contributed by atoms with Gasteiger partial charge in [0.25, 0.3) is 5.91 Å². The van der Waals surface area contributed by atoms with Crippen LogP contribution in [0.5, 0.6) is 0 Å². The zero-order valence-electron chi connectivity index (χ0n) is 10.5. The minimum atomic E-state index is -0.0140. The van der Waals surface area contributed by atoms with Crippen molar-refractivity contribution in [3.8, 4) is 0 Å². The molecule has 0 saturated carbocycles. The summed E-state index contributed by atoms with van der Waals surface area (Å²) in [4.78, 5) is 12.1. The highest BCUT2D eigenvalue weighted by Crippen LogP contribution is 2.19. The lowest BCUT2D eigenvalue weighted by molar-refractivity contribution is 0.0953. The van der Waals surface area contributed by atoms with E-state index in [9.17, 15) is 4.79 Å². The number of hydrogen-bond acceptors (Lipinski definition) is 2. The quantitative estimate of drug-likeness (QED) is 0.564. The summed E-state index contributed by atoms with van der Waals surface area (Å²) in [6.45, 7) is 2.69. The van der Waals surface area contributed by atoms with E-state index in [2.05, 4.69) is 55.2 Å². The molecule has 102 valence electrons. The van der Waals surface area contributed by atoms with Gasteiger partial charge in [-0.25, -0.2) is 0 Å². The van der Waals surface area contributed by atoms with Gasteiger partial charge in [-0.1, -0.05) is 11.6 Å². The highest BCUT2D eigenvalue weighted by atomic mass is 127. The van der Waals surface area contributed by atoms with Crippen LogP contribution in [-0.2, 0) is 0 Å². The first-order valence-electron chi connectivity index (χ1n) is 6.28. The molecule has 0 radical (unpaired) electrons. The second-order valence-electron chi connectivity index (χ2n) is 4.45. The van der Waals surface area contributed by atoms with E-state index >= 15 is 0 Å². The van der Waals surface area contributed by atoms with E-state index in [0.717, 1.165) is 34.0 Å². The zero-order valence-corrected chi connectivity index (χ0v) is 14.3. The third kappa shape index (κ3) is 4.57. The zero-order chi connectivity index (χ0) is 13.7. The average molecular weight is 435 g/mol. The van der Waals surface area contributed by atoms with Crippen LogP contribution in [0, 0.1) is 3.57 Å². The number of rotatable bonds is 4.